The average Bonchev–Trinajstić information content (AvgIpc) is 2.44. The highest BCUT2D eigenvalue weighted by Crippen LogP contribution is 2.17. The molecule has 0 amide bonds. The molecule has 0 fully saturated rings. The van der Waals surface area contributed by atoms with Gasteiger partial charge in [-0.2, -0.15) is 0 Å². The van der Waals surface area contributed by atoms with Crippen molar-refractivity contribution in [2.24, 2.45) is 5.92 Å². The number of carbonyl (C=O) groups is 1. The lowest BCUT2D eigenvalue weighted by atomic mass is 10.1. The highest BCUT2D eigenvalue weighted by atomic mass is 16.5. The first-order valence-electron chi connectivity index (χ1n) is 6.62. The van der Waals surface area contributed by atoms with E-state index in [9.17, 15) is 4.79 Å². The summed E-state index contributed by atoms with van der Waals surface area (Å²) in [6.45, 7) is 6.78. The fraction of sp³-hybridized carbons (Fsp3) is 0.533. The molecular weight excluding hydrogens is 242 g/mol. The summed E-state index contributed by atoms with van der Waals surface area (Å²) in [4.78, 5) is 11.5. The molecule has 0 saturated heterocycles. The predicted octanol–water partition coefficient (Wildman–Crippen LogP) is 2.55. The minimum Gasteiger partial charge on any atom is -0.497 e. The molecule has 0 aliphatic rings. The van der Waals surface area contributed by atoms with Crippen LogP contribution in [0.1, 0.15) is 32.4 Å². The maximum absolute atomic E-state index is 11.5. The van der Waals surface area contributed by atoms with Crippen molar-refractivity contribution in [3.8, 4) is 5.75 Å². The zero-order valence-electron chi connectivity index (χ0n) is 12.1. The monoisotopic (exact) mass is 265 g/mol. The van der Waals surface area contributed by atoms with E-state index in [4.69, 9.17) is 9.47 Å². The summed E-state index contributed by atoms with van der Waals surface area (Å²) in [5.41, 5.74) is 1.16. The Morgan fingerprint density at radius 1 is 1.26 bits per heavy atom. The van der Waals surface area contributed by atoms with Gasteiger partial charge in [-0.25, -0.2) is 0 Å². The van der Waals surface area contributed by atoms with Gasteiger partial charge in [0.05, 0.1) is 19.6 Å². The second-order valence-corrected chi connectivity index (χ2v) is 4.56. The van der Waals surface area contributed by atoms with Crippen LogP contribution in [0.2, 0.25) is 0 Å². The molecule has 0 aliphatic heterocycles. The zero-order valence-corrected chi connectivity index (χ0v) is 12.1. The first-order valence-corrected chi connectivity index (χ1v) is 6.62. The third-order valence-electron chi connectivity index (χ3n) is 3.03. The Labute approximate surface area is 115 Å². The quantitative estimate of drug-likeness (QED) is 0.770. The summed E-state index contributed by atoms with van der Waals surface area (Å²) in [5.74, 6) is 0.549. The van der Waals surface area contributed by atoms with Crippen LogP contribution in [0.4, 0.5) is 0 Å². The Hall–Kier alpha value is -1.55. The Balaban J connectivity index is 2.45. The lowest BCUT2D eigenvalue weighted by Crippen LogP contribution is -2.29. The second kappa shape index (κ2) is 7.79. The highest BCUT2D eigenvalue weighted by molar-refractivity contribution is 5.72. The van der Waals surface area contributed by atoms with Crippen molar-refractivity contribution in [1.82, 2.24) is 5.32 Å². The van der Waals surface area contributed by atoms with E-state index in [1.807, 2.05) is 38.1 Å². The molecule has 0 spiro atoms. The summed E-state index contributed by atoms with van der Waals surface area (Å²) in [6.07, 6.45) is 0. The molecule has 106 valence electrons. The standard InChI is InChI=1S/C15H23NO3/c1-5-19-15(17)11(2)10-16-12(3)13-6-8-14(18-4)9-7-13/h6-9,11-12,16H,5,10H2,1-4H3/t11?,12-/m0/s1. The highest BCUT2D eigenvalue weighted by Gasteiger charge is 2.15. The van der Waals surface area contributed by atoms with Crippen LogP contribution in [-0.4, -0.2) is 26.2 Å². The second-order valence-electron chi connectivity index (χ2n) is 4.56. The minimum absolute atomic E-state index is 0.138. The summed E-state index contributed by atoms with van der Waals surface area (Å²) >= 11 is 0. The molecular formula is C15H23NO3. The van der Waals surface area contributed by atoms with Gasteiger partial charge >= 0.3 is 5.97 Å². The molecule has 1 rings (SSSR count). The number of methoxy groups -OCH3 is 1. The molecule has 1 unspecified atom stereocenters. The van der Waals surface area contributed by atoms with Crippen LogP contribution in [0.15, 0.2) is 24.3 Å². The van der Waals surface area contributed by atoms with E-state index in [1.165, 1.54) is 0 Å². The maximum atomic E-state index is 11.5. The average molecular weight is 265 g/mol. The van der Waals surface area contributed by atoms with Crippen LogP contribution in [-0.2, 0) is 9.53 Å². The molecule has 2 atom stereocenters. The molecule has 0 aromatic heterocycles. The number of ether oxygens (including phenoxy) is 2. The van der Waals surface area contributed by atoms with Crippen LogP contribution in [0.3, 0.4) is 0 Å². The zero-order chi connectivity index (χ0) is 14.3. The number of hydrogen-bond donors (Lipinski definition) is 1. The van der Waals surface area contributed by atoms with Gasteiger partial charge in [0, 0.05) is 12.6 Å². The first kappa shape index (κ1) is 15.5. The Morgan fingerprint density at radius 3 is 2.42 bits per heavy atom. The lowest BCUT2D eigenvalue weighted by Gasteiger charge is -2.17. The molecule has 1 N–H and O–H groups in total. The number of rotatable bonds is 7. The predicted molar refractivity (Wildman–Crippen MR) is 75.2 cm³/mol. The Bertz CT molecular complexity index is 389. The molecule has 0 bridgehead atoms. The number of nitrogens with one attached hydrogen (secondary N) is 1. The van der Waals surface area contributed by atoms with Crippen LogP contribution in [0, 0.1) is 5.92 Å². The van der Waals surface area contributed by atoms with Gasteiger partial charge in [0.2, 0.25) is 0 Å². The van der Waals surface area contributed by atoms with Crippen LogP contribution >= 0.6 is 0 Å². The molecule has 1 aromatic carbocycles. The summed E-state index contributed by atoms with van der Waals surface area (Å²) < 4.78 is 10.1. The summed E-state index contributed by atoms with van der Waals surface area (Å²) in [6, 6.07) is 8.09. The minimum atomic E-state index is -0.156. The van der Waals surface area contributed by atoms with Crippen LogP contribution in [0.5, 0.6) is 5.75 Å². The van der Waals surface area contributed by atoms with Crippen molar-refractivity contribution in [3.63, 3.8) is 0 Å². The third kappa shape index (κ3) is 4.91. The van der Waals surface area contributed by atoms with E-state index in [2.05, 4.69) is 12.2 Å². The van der Waals surface area contributed by atoms with Gasteiger partial charge < -0.3 is 14.8 Å². The first-order chi connectivity index (χ1) is 9.08. The largest absolute Gasteiger partial charge is 0.497 e. The van der Waals surface area contributed by atoms with Crippen LogP contribution in [0.25, 0.3) is 0 Å². The molecule has 1 aromatic rings. The van der Waals surface area contributed by atoms with E-state index in [-0.39, 0.29) is 17.9 Å². The molecule has 0 saturated carbocycles. The molecule has 19 heavy (non-hydrogen) atoms. The van der Waals surface area contributed by atoms with Gasteiger partial charge in [0.1, 0.15) is 5.75 Å². The van der Waals surface area contributed by atoms with E-state index in [0.717, 1.165) is 11.3 Å². The number of benzene rings is 1. The molecule has 4 nitrogen and oxygen atoms in total. The van der Waals surface area contributed by atoms with Gasteiger partial charge in [-0.15, -0.1) is 0 Å². The number of carbonyl (C=O) groups excluding carboxylic acids is 1. The van der Waals surface area contributed by atoms with E-state index < -0.39 is 0 Å². The molecule has 4 heteroatoms. The fourth-order valence-corrected chi connectivity index (χ4v) is 1.73. The van der Waals surface area contributed by atoms with Gasteiger partial charge in [-0.05, 0) is 31.5 Å². The lowest BCUT2D eigenvalue weighted by molar-refractivity contribution is -0.147. The van der Waals surface area contributed by atoms with Crippen molar-refractivity contribution < 1.29 is 14.3 Å². The van der Waals surface area contributed by atoms with Crippen molar-refractivity contribution in [2.75, 3.05) is 20.3 Å². The molecule has 0 aliphatic carbocycles. The summed E-state index contributed by atoms with van der Waals surface area (Å²) in [5, 5.41) is 3.33. The SMILES string of the molecule is CCOC(=O)C(C)CN[C@@H](C)c1ccc(OC)cc1. The van der Waals surface area contributed by atoms with E-state index >= 15 is 0 Å². The Kier molecular flexibility index (Phi) is 6.36. The van der Waals surface area contributed by atoms with Crippen molar-refractivity contribution >= 4 is 5.97 Å². The normalized spacial score (nSPS) is 13.7. The number of hydrogen-bond acceptors (Lipinski definition) is 4. The van der Waals surface area contributed by atoms with Gasteiger partial charge in [0.15, 0.2) is 0 Å². The smallest absolute Gasteiger partial charge is 0.309 e. The maximum Gasteiger partial charge on any atom is 0.309 e. The van der Waals surface area contributed by atoms with E-state index in [1.54, 1.807) is 7.11 Å². The van der Waals surface area contributed by atoms with E-state index in [0.29, 0.717) is 13.2 Å². The molecule has 0 heterocycles. The third-order valence-corrected chi connectivity index (χ3v) is 3.03. The van der Waals surface area contributed by atoms with Crippen LogP contribution < -0.4 is 10.1 Å². The topological polar surface area (TPSA) is 47.6 Å². The number of esters is 1. The van der Waals surface area contributed by atoms with Crippen molar-refractivity contribution in [3.05, 3.63) is 29.8 Å². The molecule has 0 radical (unpaired) electrons. The van der Waals surface area contributed by atoms with Crippen molar-refractivity contribution in [1.29, 1.82) is 0 Å². The fourth-order valence-electron chi connectivity index (χ4n) is 1.73. The summed E-state index contributed by atoms with van der Waals surface area (Å²) in [7, 11) is 1.65. The van der Waals surface area contributed by atoms with Gasteiger partial charge in [-0.3, -0.25) is 4.79 Å². The van der Waals surface area contributed by atoms with Crippen molar-refractivity contribution in [2.45, 2.75) is 26.8 Å². The van der Waals surface area contributed by atoms with Gasteiger partial charge in [-0.1, -0.05) is 19.1 Å². The Morgan fingerprint density at radius 2 is 1.89 bits per heavy atom. The van der Waals surface area contributed by atoms with Gasteiger partial charge in [0.25, 0.3) is 0 Å².